The van der Waals surface area contributed by atoms with Crippen LogP contribution < -0.4 is 5.32 Å². The highest BCUT2D eigenvalue weighted by atomic mass is 32.1. The van der Waals surface area contributed by atoms with Gasteiger partial charge in [-0.1, -0.05) is 59.9 Å². The predicted molar refractivity (Wildman–Crippen MR) is 111 cm³/mol. The summed E-state index contributed by atoms with van der Waals surface area (Å²) in [5, 5.41) is 12.8. The molecule has 1 aliphatic heterocycles. The van der Waals surface area contributed by atoms with E-state index in [1.165, 1.54) is 11.3 Å². The largest absolute Gasteiger partial charge is 0.334 e. The van der Waals surface area contributed by atoms with Crippen LogP contribution in [0, 0.1) is 0 Å². The Hall–Kier alpha value is -3.06. The third kappa shape index (κ3) is 3.21. The summed E-state index contributed by atoms with van der Waals surface area (Å²) in [6.07, 6.45) is 2.28. The van der Waals surface area contributed by atoms with Crippen LogP contribution in [0.15, 0.2) is 54.6 Å². The molecule has 2 heterocycles. The normalized spacial score (nSPS) is 21.0. The quantitative estimate of drug-likeness (QED) is 0.714. The van der Waals surface area contributed by atoms with Gasteiger partial charge in [0.2, 0.25) is 11.0 Å². The molecule has 7 heteroatoms. The van der Waals surface area contributed by atoms with Crippen LogP contribution in [0.5, 0.6) is 0 Å². The topological polar surface area (TPSA) is 75.2 Å². The van der Waals surface area contributed by atoms with Crippen molar-refractivity contribution in [1.82, 2.24) is 15.1 Å². The van der Waals surface area contributed by atoms with E-state index in [4.69, 9.17) is 0 Å². The lowest BCUT2D eigenvalue weighted by molar-refractivity contribution is -0.119. The Morgan fingerprint density at radius 2 is 1.79 bits per heavy atom. The average molecular weight is 404 g/mol. The zero-order valence-electron chi connectivity index (χ0n) is 15.9. The number of benzene rings is 2. The molecule has 1 saturated carbocycles. The van der Waals surface area contributed by atoms with E-state index in [1.807, 2.05) is 48.5 Å². The van der Waals surface area contributed by atoms with Crippen LogP contribution in [0.4, 0.5) is 5.13 Å². The second-order valence-electron chi connectivity index (χ2n) is 7.55. The van der Waals surface area contributed by atoms with Crippen molar-refractivity contribution in [3.05, 3.63) is 76.3 Å². The van der Waals surface area contributed by atoms with Crippen LogP contribution in [0.1, 0.15) is 57.2 Å². The van der Waals surface area contributed by atoms with Gasteiger partial charge < -0.3 is 4.90 Å². The number of carbonyl (C=O) groups excluding carboxylic acids is 2. The minimum atomic E-state index is -0.537. The van der Waals surface area contributed by atoms with Gasteiger partial charge in [0, 0.05) is 18.5 Å². The molecule has 2 aliphatic rings. The van der Waals surface area contributed by atoms with Gasteiger partial charge in [0.1, 0.15) is 5.01 Å². The molecule has 29 heavy (non-hydrogen) atoms. The highest BCUT2D eigenvalue weighted by Crippen LogP contribution is 2.44. The molecule has 1 aromatic heterocycles. The lowest BCUT2D eigenvalue weighted by Gasteiger charge is -2.39. The van der Waals surface area contributed by atoms with E-state index < -0.39 is 12.0 Å². The molecule has 1 aliphatic carbocycles. The molecule has 0 bridgehead atoms. The number of amides is 2. The Bertz CT molecular complexity index is 1080. The van der Waals surface area contributed by atoms with Gasteiger partial charge >= 0.3 is 0 Å². The molecule has 0 spiro atoms. The van der Waals surface area contributed by atoms with E-state index in [2.05, 4.69) is 15.5 Å². The van der Waals surface area contributed by atoms with Gasteiger partial charge in [-0.3, -0.25) is 14.9 Å². The molecule has 2 aromatic carbocycles. The highest BCUT2D eigenvalue weighted by Gasteiger charge is 2.42. The summed E-state index contributed by atoms with van der Waals surface area (Å²) in [6.45, 7) is 0. The van der Waals surface area contributed by atoms with E-state index in [-0.39, 0.29) is 11.8 Å². The molecule has 0 saturated heterocycles. The maximum Gasteiger partial charge on any atom is 0.254 e. The van der Waals surface area contributed by atoms with Gasteiger partial charge in [-0.15, -0.1) is 10.2 Å². The maximum atomic E-state index is 13.5. The second-order valence-corrected chi connectivity index (χ2v) is 8.55. The third-order valence-electron chi connectivity index (χ3n) is 5.60. The number of likely N-dealkylation sites (N-methyl/N-ethyl adjacent to an activating group) is 1. The molecule has 146 valence electrons. The van der Waals surface area contributed by atoms with Gasteiger partial charge in [0.25, 0.3) is 5.91 Å². The van der Waals surface area contributed by atoms with Crippen molar-refractivity contribution in [2.24, 2.45) is 0 Å². The molecular weight excluding hydrogens is 384 g/mol. The monoisotopic (exact) mass is 404 g/mol. The van der Waals surface area contributed by atoms with Crippen molar-refractivity contribution in [2.75, 3.05) is 12.4 Å². The first kappa shape index (κ1) is 18.0. The zero-order valence-corrected chi connectivity index (χ0v) is 16.7. The minimum absolute atomic E-state index is 0.0783. The van der Waals surface area contributed by atoms with E-state index in [0.717, 1.165) is 29.0 Å². The number of nitrogens with zero attached hydrogens (tertiary/aromatic N) is 3. The smallest absolute Gasteiger partial charge is 0.254 e. The van der Waals surface area contributed by atoms with Crippen LogP contribution in [-0.2, 0) is 4.79 Å². The maximum absolute atomic E-state index is 13.5. The number of fused-ring (bicyclic) bond motifs is 1. The summed E-state index contributed by atoms with van der Waals surface area (Å²) in [5.74, 6) is -0.298. The van der Waals surface area contributed by atoms with Gasteiger partial charge in [0.05, 0.1) is 12.0 Å². The van der Waals surface area contributed by atoms with Crippen molar-refractivity contribution >= 4 is 28.3 Å². The van der Waals surface area contributed by atoms with Gasteiger partial charge in [0.15, 0.2) is 0 Å². The molecule has 5 rings (SSSR count). The number of carbonyl (C=O) groups is 2. The summed E-state index contributed by atoms with van der Waals surface area (Å²) in [4.78, 5) is 28.1. The molecular formula is C22H20N4O2S. The van der Waals surface area contributed by atoms with Crippen molar-refractivity contribution in [3.8, 4) is 0 Å². The van der Waals surface area contributed by atoms with Gasteiger partial charge in [-0.25, -0.2) is 0 Å². The van der Waals surface area contributed by atoms with Crippen LogP contribution >= 0.6 is 11.3 Å². The van der Waals surface area contributed by atoms with Crippen LogP contribution in [0.3, 0.4) is 0 Å². The van der Waals surface area contributed by atoms with Crippen LogP contribution in [-0.4, -0.2) is 34.0 Å². The summed E-state index contributed by atoms with van der Waals surface area (Å²) in [7, 11) is 1.76. The molecule has 3 aromatic rings. The minimum Gasteiger partial charge on any atom is -0.334 e. The van der Waals surface area contributed by atoms with E-state index in [0.29, 0.717) is 16.6 Å². The number of rotatable bonds is 4. The Kier molecular flexibility index (Phi) is 4.39. The highest BCUT2D eigenvalue weighted by molar-refractivity contribution is 7.15. The van der Waals surface area contributed by atoms with Crippen molar-refractivity contribution in [1.29, 1.82) is 0 Å². The van der Waals surface area contributed by atoms with Crippen molar-refractivity contribution in [3.63, 3.8) is 0 Å². The lowest BCUT2D eigenvalue weighted by Crippen LogP contribution is -2.44. The zero-order chi connectivity index (χ0) is 20.0. The fourth-order valence-electron chi connectivity index (χ4n) is 3.99. The third-order valence-corrected chi connectivity index (χ3v) is 6.60. The van der Waals surface area contributed by atoms with E-state index >= 15 is 0 Å². The van der Waals surface area contributed by atoms with Gasteiger partial charge in [-0.2, -0.15) is 0 Å². The van der Waals surface area contributed by atoms with Crippen LogP contribution in [0.25, 0.3) is 0 Å². The van der Waals surface area contributed by atoms with E-state index in [1.54, 1.807) is 18.0 Å². The summed E-state index contributed by atoms with van der Waals surface area (Å²) < 4.78 is 0. The first-order chi connectivity index (χ1) is 14.1. The second kappa shape index (κ2) is 7.08. The number of nitrogens with one attached hydrogen (secondary N) is 1. The predicted octanol–water partition coefficient (Wildman–Crippen LogP) is 3.96. The van der Waals surface area contributed by atoms with Crippen molar-refractivity contribution < 1.29 is 9.59 Å². The van der Waals surface area contributed by atoms with Crippen LogP contribution in [0.2, 0.25) is 0 Å². The summed E-state index contributed by atoms with van der Waals surface area (Å²) in [5.41, 5.74) is 2.24. The molecule has 0 unspecified atom stereocenters. The fourth-order valence-corrected chi connectivity index (χ4v) is 4.90. The molecule has 1 N–H and O–H groups in total. The lowest BCUT2D eigenvalue weighted by atomic mass is 9.79. The molecule has 0 radical (unpaired) electrons. The van der Waals surface area contributed by atoms with Gasteiger partial charge in [-0.05, 0) is 30.0 Å². The summed E-state index contributed by atoms with van der Waals surface area (Å²) in [6, 6.07) is 16.7. The first-order valence-electron chi connectivity index (χ1n) is 9.69. The number of anilines is 1. The Balaban J connectivity index is 1.54. The summed E-state index contributed by atoms with van der Waals surface area (Å²) >= 11 is 1.44. The molecule has 6 nitrogen and oxygen atoms in total. The standard InChI is InChI=1S/C22H20N4O2S/c1-26-18(13-7-3-2-4-8-13)17(15-9-5-6-10-16(15)21(26)28)19(27)23-22-25-24-20(29-22)14-11-12-14/h2-10,14,17-18H,11-12H2,1H3,(H,23,25,27)/t17-,18+/m0/s1. The molecule has 2 amide bonds. The van der Waals surface area contributed by atoms with E-state index in [9.17, 15) is 9.59 Å². The Labute approximate surface area is 172 Å². The number of hydrogen-bond donors (Lipinski definition) is 1. The molecule has 1 fully saturated rings. The SMILES string of the molecule is CN1C(=O)c2ccccc2[C@H](C(=O)Nc2nnc(C3CC3)s2)[C@H]1c1ccccc1. The Morgan fingerprint density at radius 3 is 2.55 bits per heavy atom. The first-order valence-corrected chi connectivity index (χ1v) is 10.5. The number of hydrogen-bond acceptors (Lipinski definition) is 5. The van der Waals surface area contributed by atoms with Crippen molar-refractivity contribution in [2.45, 2.75) is 30.7 Å². The Morgan fingerprint density at radius 1 is 1.07 bits per heavy atom. The fraction of sp³-hybridized carbons (Fsp3) is 0.273. The molecule has 2 atom stereocenters. The average Bonchev–Trinajstić information content (AvgIpc) is 3.50. The number of aromatic nitrogens is 2.